The van der Waals surface area contributed by atoms with Gasteiger partial charge in [0, 0.05) is 24.0 Å². The molecule has 2 aromatic rings. The number of hydrogen-bond donors (Lipinski definition) is 0. The maximum atomic E-state index is 13.0. The highest BCUT2D eigenvalue weighted by atomic mass is 32.1. The molecule has 1 aromatic carbocycles. The van der Waals surface area contributed by atoms with E-state index in [1.807, 2.05) is 10.3 Å². The van der Waals surface area contributed by atoms with Gasteiger partial charge >= 0.3 is 0 Å². The number of aromatic nitrogens is 1. The van der Waals surface area contributed by atoms with Gasteiger partial charge in [0.25, 0.3) is 5.91 Å². The zero-order valence-electron chi connectivity index (χ0n) is 13.6. The fourth-order valence-corrected chi connectivity index (χ4v) is 4.84. The molecule has 2 atom stereocenters. The third-order valence-electron chi connectivity index (χ3n) is 5.39. The van der Waals surface area contributed by atoms with E-state index in [9.17, 15) is 9.18 Å². The van der Waals surface area contributed by atoms with Crippen molar-refractivity contribution >= 4 is 17.2 Å². The summed E-state index contributed by atoms with van der Waals surface area (Å²) >= 11 is 1.44. The highest BCUT2D eigenvalue weighted by Gasteiger charge is 2.33. The number of fused-ring (bicyclic) bond motifs is 1. The van der Waals surface area contributed by atoms with Gasteiger partial charge in [0.1, 0.15) is 16.5 Å². The van der Waals surface area contributed by atoms with Crippen LogP contribution >= 0.6 is 11.3 Å². The van der Waals surface area contributed by atoms with Crippen LogP contribution in [0, 0.1) is 17.7 Å². The van der Waals surface area contributed by atoms with Crippen LogP contribution in [0.3, 0.4) is 0 Å². The molecular weight excluding hydrogens is 323 g/mol. The summed E-state index contributed by atoms with van der Waals surface area (Å²) in [6.07, 6.45) is 6.37. The van der Waals surface area contributed by atoms with Crippen molar-refractivity contribution in [3.8, 4) is 10.6 Å². The van der Waals surface area contributed by atoms with Crippen molar-refractivity contribution in [1.29, 1.82) is 0 Å². The first-order chi connectivity index (χ1) is 11.7. The Morgan fingerprint density at radius 3 is 2.67 bits per heavy atom. The van der Waals surface area contributed by atoms with Gasteiger partial charge in [-0.25, -0.2) is 9.37 Å². The van der Waals surface area contributed by atoms with Gasteiger partial charge in [-0.1, -0.05) is 19.3 Å². The molecule has 2 heterocycles. The minimum absolute atomic E-state index is 0.0450. The van der Waals surface area contributed by atoms with Gasteiger partial charge < -0.3 is 4.90 Å². The molecule has 4 rings (SSSR count). The number of carbonyl (C=O) groups is 1. The fraction of sp³-hybridized carbons (Fsp3) is 0.474. The lowest BCUT2D eigenvalue weighted by Crippen LogP contribution is -2.44. The van der Waals surface area contributed by atoms with Crippen LogP contribution < -0.4 is 0 Å². The summed E-state index contributed by atoms with van der Waals surface area (Å²) in [7, 11) is 0. The van der Waals surface area contributed by atoms with Gasteiger partial charge in [0.15, 0.2) is 0 Å². The monoisotopic (exact) mass is 344 g/mol. The van der Waals surface area contributed by atoms with E-state index in [0.717, 1.165) is 36.0 Å². The lowest BCUT2D eigenvalue weighted by atomic mass is 9.75. The minimum Gasteiger partial charge on any atom is -0.337 e. The molecule has 1 aromatic heterocycles. The van der Waals surface area contributed by atoms with Crippen molar-refractivity contribution in [3.63, 3.8) is 0 Å². The number of amides is 1. The van der Waals surface area contributed by atoms with Gasteiger partial charge in [0.2, 0.25) is 0 Å². The standard InChI is InChI=1S/C19H21FN2OS/c20-16-7-5-14(6-8-16)18-21-17(12-24-18)19(23)22-10-9-13-3-1-2-4-15(13)11-22/h5-8,12-13,15H,1-4,9-11H2/t13-,15-/m1/s1. The normalized spacial score (nSPS) is 23.8. The molecule has 0 unspecified atom stereocenters. The average Bonchev–Trinajstić information content (AvgIpc) is 3.11. The zero-order chi connectivity index (χ0) is 16.5. The number of rotatable bonds is 2. The Balaban J connectivity index is 1.48. The molecule has 1 amide bonds. The molecule has 2 fully saturated rings. The van der Waals surface area contributed by atoms with Gasteiger partial charge in [-0.2, -0.15) is 0 Å². The van der Waals surface area contributed by atoms with Crippen molar-refractivity contribution in [2.45, 2.75) is 32.1 Å². The molecular formula is C19H21FN2OS. The van der Waals surface area contributed by atoms with Gasteiger partial charge in [-0.15, -0.1) is 11.3 Å². The molecule has 24 heavy (non-hydrogen) atoms. The highest BCUT2D eigenvalue weighted by molar-refractivity contribution is 7.13. The second-order valence-corrected chi connectivity index (χ2v) is 7.75. The number of hydrogen-bond acceptors (Lipinski definition) is 3. The summed E-state index contributed by atoms with van der Waals surface area (Å²) in [4.78, 5) is 19.3. The lowest BCUT2D eigenvalue weighted by Gasteiger charge is -2.41. The van der Waals surface area contributed by atoms with Gasteiger partial charge in [-0.3, -0.25) is 4.79 Å². The number of nitrogens with zero attached hydrogens (tertiary/aromatic N) is 2. The van der Waals surface area contributed by atoms with E-state index in [1.165, 1.54) is 49.2 Å². The third-order valence-corrected chi connectivity index (χ3v) is 6.28. The quantitative estimate of drug-likeness (QED) is 0.797. The number of halogens is 1. The predicted molar refractivity (Wildman–Crippen MR) is 93.5 cm³/mol. The van der Waals surface area contributed by atoms with Crippen molar-refractivity contribution in [2.24, 2.45) is 11.8 Å². The van der Waals surface area contributed by atoms with Crippen LogP contribution in [0.5, 0.6) is 0 Å². The van der Waals surface area contributed by atoms with E-state index < -0.39 is 0 Å². The van der Waals surface area contributed by atoms with Crippen molar-refractivity contribution < 1.29 is 9.18 Å². The molecule has 1 saturated heterocycles. The summed E-state index contributed by atoms with van der Waals surface area (Å²) in [5.41, 5.74) is 1.38. The lowest BCUT2D eigenvalue weighted by molar-refractivity contribution is 0.0516. The Morgan fingerprint density at radius 2 is 1.88 bits per heavy atom. The van der Waals surface area contributed by atoms with Crippen LogP contribution in [-0.4, -0.2) is 28.9 Å². The van der Waals surface area contributed by atoms with E-state index in [-0.39, 0.29) is 11.7 Å². The third kappa shape index (κ3) is 3.09. The second-order valence-electron chi connectivity index (χ2n) is 6.89. The van der Waals surface area contributed by atoms with E-state index in [2.05, 4.69) is 4.98 Å². The fourth-order valence-electron chi connectivity index (χ4n) is 4.04. The number of thiazole rings is 1. The molecule has 0 N–H and O–H groups in total. The zero-order valence-corrected chi connectivity index (χ0v) is 14.4. The molecule has 1 aliphatic heterocycles. The van der Waals surface area contributed by atoms with Gasteiger partial charge in [-0.05, 0) is 48.9 Å². The average molecular weight is 344 g/mol. The Labute approximate surface area is 145 Å². The molecule has 3 nitrogen and oxygen atoms in total. The molecule has 1 aliphatic carbocycles. The van der Waals surface area contributed by atoms with Gasteiger partial charge in [0.05, 0.1) is 0 Å². The van der Waals surface area contributed by atoms with Crippen molar-refractivity contribution in [3.05, 3.63) is 41.2 Å². The Kier molecular flexibility index (Phi) is 4.35. The first-order valence-electron chi connectivity index (χ1n) is 8.71. The summed E-state index contributed by atoms with van der Waals surface area (Å²) in [6.45, 7) is 1.73. The predicted octanol–water partition coefficient (Wildman–Crippen LogP) is 4.60. The second kappa shape index (κ2) is 6.63. The molecule has 0 spiro atoms. The first-order valence-corrected chi connectivity index (χ1v) is 9.59. The van der Waals surface area contributed by atoms with E-state index in [0.29, 0.717) is 11.6 Å². The van der Waals surface area contributed by atoms with Crippen LogP contribution in [0.4, 0.5) is 4.39 Å². The summed E-state index contributed by atoms with van der Waals surface area (Å²) in [6, 6.07) is 6.25. The smallest absolute Gasteiger partial charge is 0.273 e. The number of likely N-dealkylation sites (tertiary alicyclic amines) is 1. The Morgan fingerprint density at radius 1 is 1.12 bits per heavy atom. The van der Waals surface area contributed by atoms with Crippen LogP contribution in [0.1, 0.15) is 42.6 Å². The largest absolute Gasteiger partial charge is 0.337 e. The number of benzene rings is 1. The maximum Gasteiger partial charge on any atom is 0.273 e. The van der Waals surface area contributed by atoms with Crippen LogP contribution in [0.25, 0.3) is 10.6 Å². The van der Waals surface area contributed by atoms with Crippen molar-refractivity contribution in [2.75, 3.05) is 13.1 Å². The number of piperidine rings is 1. The van der Waals surface area contributed by atoms with E-state index in [4.69, 9.17) is 0 Å². The highest BCUT2D eigenvalue weighted by Crippen LogP contribution is 2.36. The van der Waals surface area contributed by atoms with Crippen molar-refractivity contribution in [1.82, 2.24) is 9.88 Å². The van der Waals surface area contributed by atoms with Crippen LogP contribution in [0.2, 0.25) is 0 Å². The summed E-state index contributed by atoms with van der Waals surface area (Å²) < 4.78 is 13.0. The summed E-state index contributed by atoms with van der Waals surface area (Å²) in [5.74, 6) is 1.27. The van der Waals surface area contributed by atoms with Crippen LogP contribution in [-0.2, 0) is 0 Å². The maximum absolute atomic E-state index is 13.0. The molecule has 1 saturated carbocycles. The summed E-state index contributed by atoms with van der Waals surface area (Å²) in [5, 5.41) is 2.60. The molecule has 5 heteroatoms. The van der Waals surface area contributed by atoms with E-state index >= 15 is 0 Å². The molecule has 2 aliphatic rings. The Bertz CT molecular complexity index is 727. The van der Waals surface area contributed by atoms with Crippen LogP contribution in [0.15, 0.2) is 29.6 Å². The first kappa shape index (κ1) is 15.8. The Hall–Kier alpha value is -1.75. The van der Waals surface area contributed by atoms with E-state index in [1.54, 1.807) is 12.1 Å². The molecule has 0 radical (unpaired) electrons. The minimum atomic E-state index is -0.262. The topological polar surface area (TPSA) is 33.2 Å². The molecule has 126 valence electrons. The number of carbonyl (C=O) groups excluding carboxylic acids is 1. The SMILES string of the molecule is O=C(c1csc(-c2ccc(F)cc2)n1)N1CC[C@H]2CCCC[C@@H]2C1. The molecule has 0 bridgehead atoms.